The van der Waals surface area contributed by atoms with Crippen LogP contribution in [0.2, 0.25) is 0 Å². The monoisotopic (exact) mass is 384 g/mol. The molecule has 0 radical (unpaired) electrons. The molecule has 3 nitrogen and oxygen atoms in total. The number of hydrogen-bond acceptors (Lipinski definition) is 2. The SMILES string of the molecule is Cc1cccc[n+]1CC(=O)c1ccccc1.Cc1ccccn1.[Br-]. The van der Waals surface area contributed by atoms with E-state index in [2.05, 4.69) is 4.98 Å². The van der Waals surface area contributed by atoms with Crippen LogP contribution in [0.3, 0.4) is 0 Å². The Morgan fingerprint density at radius 2 is 1.58 bits per heavy atom. The number of carbonyl (C=O) groups is 1. The van der Waals surface area contributed by atoms with Crippen molar-refractivity contribution in [1.29, 1.82) is 0 Å². The first-order chi connectivity index (χ1) is 11.2. The van der Waals surface area contributed by atoms with Gasteiger partial charge in [-0.15, -0.1) is 0 Å². The predicted octanol–water partition coefficient (Wildman–Crippen LogP) is 0.559. The van der Waals surface area contributed by atoms with Crippen LogP contribution in [0.5, 0.6) is 0 Å². The zero-order valence-electron chi connectivity index (χ0n) is 13.9. The van der Waals surface area contributed by atoms with Crippen molar-refractivity contribution in [3.8, 4) is 0 Å². The average Bonchev–Trinajstić information content (AvgIpc) is 2.59. The number of halogens is 1. The molecule has 0 amide bonds. The van der Waals surface area contributed by atoms with Gasteiger partial charge in [-0.3, -0.25) is 9.78 Å². The van der Waals surface area contributed by atoms with Gasteiger partial charge in [-0.2, -0.15) is 4.57 Å². The molecule has 3 rings (SSSR count). The second-order valence-corrected chi connectivity index (χ2v) is 5.23. The highest BCUT2D eigenvalue weighted by Crippen LogP contribution is 2.00. The summed E-state index contributed by atoms with van der Waals surface area (Å²) in [6, 6.07) is 21.1. The van der Waals surface area contributed by atoms with Crippen LogP contribution in [0.25, 0.3) is 0 Å². The molecule has 2 heterocycles. The largest absolute Gasteiger partial charge is 1.00 e. The number of hydrogen-bond donors (Lipinski definition) is 0. The van der Waals surface area contributed by atoms with Crippen LogP contribution >= 0.6 is 0 Å². The number of benzene rings is 1. The number of aromatic nitrogens is 2. The lowest BCUT2D eigenvalue weighted by Gasteiger charge is -1.99. The number of Topliss-reactive ketones (excluding diaryl/α,β-unsaturated/α-hetero) is 1. The van der Waals surface area contributed by atoms with Gasteiger partial charge in [-0.05, 0) is 19.1 Å². The number of nitrogens with zero attached hydrogens (tertiary/aromatic N) is 2. The summed E-state index contributed by atoms with van der Waals surface area (Å²) in [5.41, 5.74) is 2.92. The molecule has 1 aromatic carbocycles. The molecule has 0 saturated carbocycles. The van der Waals surface area contributed by atoms with Crippen molar-refractivity contribution in [3.63, 3.8) is 0 Å². The average molecular weight is 385 g/mol. The molecular weight excluding hydrogens is 364 g/mol. The van der Waals surface area contributed by atoms with Crippen molar-refractivity contribution >= 4 is 5.78 Å². The van der Waals surface area contributed by atoms with Crippen LogP contribution in [-0.2, 0) is 6.54 Å². The molecule has 0 spiro atoms. The molecule has 0 unspecified atom stereocenters. The highest BCUT2D eigenvalue weighted by molar-refractivity contribution is 5.94. The molecule has 0 saturated heterocycles. The maximum atomic E-state index is 11.9. The topological polar surface area (TPSA) is 33.8 Å². The summed E-state index contributed by atoms with van der Waals surface area (Å²) in [7, 11) is 0. The minimum absolute atomic E-state index is 0. The fraction of sp³-hybridized carbons (Fsp3) is 0.150. The van der Waals surface area contributed by atoms with Gasteiger partial charge >= 0.3 is 0 Å². The van der Waals surface area contributed by atoms with Gasteiger partial charge in [0.2, 0.25) is 12.3 Å². The second kappa shape index (κ2) is 10.4. The summed E-state index contributed by atoms with van der Waals surface area (Å²) in [4.78, 5) is 15.9. The van der Waals surface area contributed by atoms with E-state index in [9.17, 15) is 4.79 Å². The second-order valence-electron chi connectivity index (χ2n) is 5.23. The first kappa shape index (κ1) is 19.7. The summed E-state index contributed by atoms with van der Waals surface area (Å²) in [6.07, 6.45) is 3.71. The smallest absolute Gasteiger partial charge is 0.227 e. The molecule has 24 heavy (non-hydrogen) atoms. The molecule has 0 aliphatic rings. The van der Waals surface area contributed by atoms with Gasteiger partial charge in [0.25, 0.3) is 0 Å². The lowest BCUT2D eigenvalue weighted by atomic mass is 10.1. The van der Waals surface area contributed by atoms with Crippen molar-refractivity contribution in [2.24, 2.45) is 0 Å². The van der Waals surface area contributed by atoms with Gasteiger partial charge in [0, 0.05) is 36.5 Å². The molecular formula is C20H21BrN2O. The minimum atomic E-state index is 0. The molecule has 0 atom stereocenters. The highest BCUT2D eigenvalue weighted by atomic mass is 79.9. The lowest BCUT2D eigenvalue weighted by molar-refractivity contribution is -0.689. The molecule has 2 aromatic heterocycles. The van der Waals surface area contributed by atoms with Gasteiger partial charge < -0.3 is 17.0 Å². The van der Waals surface area contributed by atoms with Crippen molar-refractivity contribution in [1.82, 2.24) is 4.98 Å². The van der Waals surface area contributed by atoms with Crippen molar-refractivity contribution in [3.05, 3.63) is 96.1 Å². The van der Waals surface area contributed by atoms with E-state index in [1.54, 1.807) is 6.20 Å². The third kappa shape index (κ3) is 6.42. The van der Waals surface area contributed by atoms with Crippen LogP contribution in [0.15, 0.2) is 79.1 Å². The Morgan fingerprint density at radius 3 is 2.12 bits per heavy atom. The number of rotatable bonds is 3. The molecule has 0 aliphatic heterocycles. The highest BCUT2D eigenvalue weighted by Gasteiger charge is 2.12. The van der Waals surface area contributed by atoms with Crippen LogP contribution in [0.4, 0.5) is 0 Å². The minimum Gasteiger partial charge on any atom is -1.00 e. The van der Waals surface area contributed by atoms with E-state index in [1.165, 1.54) is 0 Å². The Kier molecular flexibility index (Phi) is 8.58. The van der Waals surface area contributed by atoms with Gasteiger partial charge in [0.15, 0.2) is 11.9 Å². The standard InChI is InChI=1S/C14H14NO.C6H7N.BrH/c1-12-7-5-6-10-15(12)11-14(16)13-8-3-2-4-9-13;1-6-4-2-3-5-7-6;/h2-10H,11H2,1H3;2-5H,1H3;1H/q+1;;/p-1. The van der Waals surface area contributed by atoms with Crippen LogP contribution < -0.4 is 21.5 Å². The Labute approximate surface area is 153 Å². The summed E-state index contributed by atoms with van der Waals surface area (Å²) in [5, 5.41) is 0. The van der Waals surface area contributed by atoms with Crippen LogP contribution in [0.1, 0.15) is 21.7 Å². The zero-order valence-corrected chi connectivity index (χ0v) is 15.5. The number of carbonyl (C=O) groups excluding carboxylic acids is 1. The lowest BCUT2D eigenvalue weighted by Crippen LogP contribution is -3.00. The molecule has 4 heteroatoms. The Hall–Kier alpha value is -2.33. The summed E-state index contributed by atoms with van der Waals surface area (Å²) in [6.45, 7) is 4.37. The van der Waals surface area contributed by atoms with E-state index in [-0.39, 0.29) is 22.8 Å². The Balaban J connectivity index is 0.000000304. The first-order valence-corrected chi connectivity index (χ1v) is 7.58. The number of aryl methyl sites for hydroxylation is 2. The third-order valence-corrected chi connectivity index (χ3v) is 3.39. The molecule has 0 bridgehead atoms. The molecule has 0 fully saturated rings. The van der Waals surface area contributed by atoms with E-state index >= 15 is 0 Å². The van der Waals surface area contributed by atoms with Crippen LogP contribution in [-0.4, -0.2) is 10.8 Å². The quantitative estimate of drug-likeness (QED) is 0.488. The zero-order chi connectivity index (χ0) is 16.5. The predicted molar refractivity (Wildman–Crippen MR) is 91.1 cm³/mol. The number of ketones is 1. The van der Waals surface area contributed by atoms with E-state index in [0.717, 1.165) is 17.0 Å². The van der Waals surface area contributed by atoms with E-state index in [1.807, 2.05) is 91.3 Å². The number of pyridine rings is 2. The van der Waals surface area contributed by atoms with E-state index in [0.29, 0.717) is 6.54 Å². The fourth-order valence-electron chi connectivity index (χ4n) is 2.06. The van der Waals surface area contributed by atoms with Gasteiger partial charge in [0.1, 0.15) is 0 Å². The van der Waals surface area contributed by atoms with Gasteiger partial charge in [-0.25, -0.2) is 0 Å². The molecule has 0 aliphatic carbocycles. The van der Waals surface area contributed by atoms with Crippen molar-refractivity contribution < 1.29 is 26.3 Å². The maximum absolute atomic E-state index is 11.9. The summed E-state index contributed by atoms with van der Waals surface area (Å²) < 4.78 is 1.95. The summed E-state index contributed by atoms with van der Waals surface area (Å²) >= 11 is 0. The van der Waals surface area contributed by atoms with Gasteiger partial charge in [-0.1, -0.05) is 42.5 Å². The van der Waals surface area contributed by atoms with Gasteiger partial charge in [0.05, 0.1) is 0 Å². The normalized spacial score (nSPS) is 9.25. The van der Waals surface area contributed by atoms with E-state index < -0.39 is 0 Å². The third-order valence-electron chi connectivity index (χ3n) is 3.39. The Bertz CT molecular complexity index is 746. The molecule has 0 N–H and O–H groups in total. The Morgan fingerprint density at radius 1 is 0.917 bits per heavy atom. The van der Waals surface area contributed by atoms with Crippen molar-refractivity contribution in [2.75, 3.05) is 0 Å². The van der Waals surface area contributed by atoms with Crippen LogP contribution in [0, 0.1) is 13.8 Å². The summed E-state index contributed by atoms with van der Waals surface area (Å²) in [5.74, 6) is 0.139. The van der Waals surface area contributed by atoms with E-state index in [4.69, 9.17) is 0 Å². The fourth-order valence-corrected chi connectivity index (χ4v) is 2.06. The molecule has 3 aromatic rings. The molecule has 124 valence electrons. The van der Waals surface area contributed by atoms with Crippen molar-refractivity contribution in [2.45, 2.75) is 20.4 Å². The maximum Gasteiger partial charge on any atom is 0.227 e. The first-order valence-electron chi connectivity index (χ1n) is 7.58.